The molecule has 2 N–H and O–H groups in total. The lowest BCUT2D eigenvalue weighted by Gasteiger charge is -2.31. The van der Waals surface area contributed by atoms with E-state index in [0.717, 1.165) is 39.1 Å². The summed E-state index contributed by atoms with van der Waals surface area (Å²) < 4.78 is 29.5. The quantitative estimate of drug-likeness (QED) is 0.565. The van der Waals surface area contributed by atoms with Crippen molar-refractivity contribution >= 4 is 27.4 Å². The SMILES string of the molecule is C#CCN(c1cc(C)c(NS(=O)(=O)c2c(C)c(C)cc(C)c2C)cc1C)[C@@H](C)CC(=O)O. The van der Waals surface area contributed by atoms with Crippen LogP contribution in [0.1, 0.15) is 46.7 Å². The third-order valence-corrected chi connectivity index (χ3v) is 7.56. The zero-order valence-electron chi connectivity index (χ0n) is 19.8. The van der Waals surface area contributed by atoms with Gasteiger partial charge in [-0.1, -0.05) is 12.0 Å². The Morgan fingerprint density at radius 3 is 2.09 bits per heavy atom. The monoisotopic (exact) mass is 456 g/mol. The molecule has 0 amide bonds. The van der Waals surface area contributed by atoms with Crippen LogP contribution in [0.15, 0.2) is 23.1 Å². The third kappa shape index (κ3) is 5.25. The lowest BCUT2D eigenvalue weighted by atomic mass is 10.0. The van der Waals surface area contributed by atoms with E-state index in [-0.39, 0.29) is 19.0 Å². The van der Waals surface area contributed by atoms with E-state index in [1.807, 2.05) is 65.5 Å². The van der Waals surface area contributed by atoms with Gasteiger partial charge in [-0.25, -0.2) is 8.42 Å². The molecule has 0 aliphatic carbocycles. The zero-order valence-corrected chi connectivity index (χ0v) is 20.6. The molecule has 0 aromatic heterocycles. The van der Waals surface area contributed by atoms with Crippen LogP contribution in [0.3, 0.4) is 0 Å². The Morgan fingerprint density at radius 2 is 1.59 bits per heavy atom. The van der Waals surface area contributed by atoms with E-state index < -0.39 is 16.0 Å². The van der Waals surface area contributed by atoms with E-state index in [1.165, 1.54) is 0 Å². The van der Waals surface area contributed by atoms with Crippen molar-refractivity contribution in [3.63, 3.8) is 0 Å². The fourth-order valence-corrected chi connectivity index (χ4v) is 5.68. The number of carboxylic acids is 1. The summed E-state index contributed by atoms with van der Waals surface area (Å²) in [5, 5.41) is 9.18. The summed E-state index contributed by atoms with van der Waals surface area (Å²) in [5.41, 5.74) is 6.10. The number of aliphatic carboxylic acids is 1. The predicted octanol–water partition coefficient (Wildman–Crippen LogP) is 4.64. The Morgan fingerprint density at radius 1 is 1.03 bits per heavy atom. The highest BCUT2D eigenvalue weighted by Gasteiger charge is 2.24. The summed E-state index contributed by atoms with van der Waals surface area (Å²) in [6.45, 7) is 13.2. The molecule has 0 heterocycles. The van der Waals surface area contributed by atoms with E-state index in [2.05, 4.69) is 10.6 Å². The number of carboxylic acid groups (broad SMARTS) is 1. The maximum atomic E-state index is 13.3. The smallest absolute Gasteiger partial charge is 0.305 e. The number of carbonyl (C=O) groups is 1. The molecule has 0 saturated carbocycles. The lowest BCUT2D eigenvalue weighted by molar-refractivity contribution is -0.137. The highest BCUT2D eigenvalue weighted by atomic mass is 32.2. The van der Waals surface area contributed by atoms with Gasteiger partial charge in [-0.05, 0) is 94.0 Å². The minimum atomic E-state index is -3.81. The molecular weight excluding hydrogens is 424 g/mol. The second kappa shape index (κ2) is 9.66. The number of rotatable bonds is 8. The number of benzene rings is 2. The standard InChI is InChI=1S/C25H32N2O4S/c1-9-10-27(19(6)14-24(28)29)23-13-17(4)22(12-18(23)5)26-32(30,31)25-20(7)15(2)11-16(3)21(25)8/h1,11-13,19,26H,10,14H2,2-8H3,(H,28,29)/t19-/m0/s1. The fourth-order valence-electron chi connectivity index (χ4n) is 3.94. The molecule has 2 rings (SSSR count). The molecule has 172 valence electrons. The van der Waals surface area contributed by atoms with Crippen LogP contribution in [0, 0.1) is 53.9 Å². The van der Waals surface area contributed by atoms with Gasteiger partial charge in [0.15, 0.2) is 0 Å². The molecule has 0 fully saturated rings. The van der Waals surface area contributed by atoms with Gasteiger partial charge < -0.3 is 10.0 Å². The van der Waals surface area contributed by atoms with Gasteiger partial charge in [0.25, 0.3) is 10.0 Å². The van der Waals surface area contributed by atoms with Crippen LogP contribution in [0.4, 0.5) is 11.4 Å². The lowest BCUT2D eigenvalue weighted by Crippen LogP contribution is -2.35. The third-order valence-electron chi connectivity index (χ3n) is 5.93. The first-order valence-corrected chi connectivity index (χ1v) is 11.9. The number of terminal acetylenes is 1. The van der Waals surface area contributed by atoms with Crippen LogP contribution in [-0.4, -0.2) is 32.1 Å². The average Bonchev–Trinajstić information content (AvgIpc) is 2.66. The highest BCUT2D eigenvalue weighted by Crippen LogP contribution is 2.32. The highest BCUT2D eigenvalue weighted by molar-refractivity contribution is 7.92. The molecule has 6 nitrogen and oxygen atoms in total. The van der Waals surface area contributed by atoms with Crippen LogP contribution < -0.4 is 9.62 Å². The minimum absolute atomic E-state index is 0.0557. The van der Waals surface area contributed by atoms with Crippen LogP contribution in [-0.2, 0) is 14.8 Å². The molecule has 2 aromatic rings. The normalized spacial score (nSPS) is 12.2. The first-order chi connectivity index (χ1) is 14.8. The van der Waals surface area contributed by atoms with Crippen molar-refractivity contribution in [3.05, 3.63) is 51.6 Å². The van der Waals surface area contributed by atoms with E-state index in [1.54, 1.807) is 6.07 Å². The van der Waals surface area contributed by atoms with E-state index in [9.17, 15) is 18.3 Å². The van der Waals surface area contributed by atoms with Gasteiger partial charge >= 0.3 is 5.97 Å². The molecule has 0 saturated heterocycles. The number of hydrogen-bond acceptors (Lipinski definition) is 4. The molecule has 0 bridgehead atoms. The number of anilines is 2. The molecule has 0 radical (unpaired) electrons. The predicted molar refractivity (Wildman–Crippen MR) is 130 cm³/mol. The van der Waals surface area contributed by atoms with Crippen LogP contribution in [0.25, 0.3) is 0 Å². The Balaban J connectivity index is 2.51. The Bertz CT molecular complexity index is 1170. The number of aryl methyl sites for hydroxylation is 4. The van der Waals surface area contributed by atoms with Gasteiger partial charge in [0.1, 0.15) is 0 Å². The maximum Gasteiger partial charge on any atom is 0.305 e. The topological polar surface area (TPSA) is 86.7 Å². The van der Waals surface area contributed by atoms with Crippen LogP contribution in [0.5, 0.6) is 0 Å². The van der Waals surface area contributed by atoms with Crippen molar-refractivity contribution in [3.8, 4) is 12.3 Å². The van der Waals surface area contributed by atoms with Gasteiger partial charge in [-0.2, -0.15) is 0 Å². The van der Waals surface area contributed by atoms with Gasteiger partial charge in [-0.3, -0.25) is 9.52 Å². The van der Waals surface area contributed by atoms with Crippen molar-refractivity contribution in [2.75, 3.05) is 16.2 Å². The number of nitrogens with zero attached hydrogens (tertiary/aromatic N) is 1. The largest absolute Gasteiger partial charge is 0.481 e. The summed E-state index contributed by atoms with van der Waals surface area (Å²) in [5.74, 6) is 1.68. The van der Waals surface area contributed by atoms with E-state index in [0.29, 0.717) is 10.6 Å². The fraction of sp³-hybridized carbons (Fsp3) is 0.400. The molecular formula is C25H32N2O4S. The van der Waals surface area contributed by atoms with Crippen molar-refractivity contribution < 1.29 is 18.3 Å². The first kappa shape index (κ1) is 25.3. The maximum absolute atomic E-state index is 13.3. The number of nitrogens with one attached hydrogen (secondary N) is 1. The van der Waals surface area contributed by atoms with E-state index >= 15 is 0 Å². The summed E-state index contributed by atoms with van der Waals surface area (Å²) in [6, 6.07) is 5.30. The number of sulfonamides is 1. The van der Waals surface area contributed by atoms with Crippen molar-refractivity contribution in [2.24, 2.45) is 0 Å². The second-order valence-electron chi connectivity index (χ2n) is 8.43. The summed E-state index contributed by atoms with van der Waals surface area (Å²) in [6.07, 6.45) is 5.47. The zero-order chi connectivity index (χ0) is 24.4. The summed E-state index contributed by atoms with van der Waals surface area (Å²) in [4.78, 5) is 13.4. The molecule has 2 aromatic carbocycles. The van der Waals surface area contributed by atoms with Crippen LogP contribution in [0.2, 0.25) is 0 Å². The van der Waals surface area contributed by atoms with Crippen molar-refractivity contribution in [2.45, 2.75) is 65.8 Å². The summed E-state index contributed by atoms with van der Waals surface area (Å²) >= 11 is 0. The van der Waals surface area contributed by atoms with Crippen molar-refractivity contribution in [1.29, 1.82) is 0 Å². The van der Waals surface area contributed by atoms with Crippen LogP contribution >= 0.6 is 0 Å². The molecule has 0 aliphatic heterocycles. The second-order valence-corrected chi connectivity index (χ2v) is 10.0. The molecule has 1 atom stereocenters. The van der Waals surface area contributed by atoms with Gasteiger partial charge in [0, 0.05) is 11.7 Å². The summed E-state index contributed by atoms with van der Waals surface area (Å²) in [7, 11) is -3.81. The number of hydrogen-bond donors (Lipinski definition) is 2. The molecule has 0 spiro atoms. The Labute approximate surface area is 191 Å². The van der Waals surface area contributed by atoms with Gasteiger partial charge in [-0.15, -0.1) is 6.42 Å². The van der Waals surface area contributed by atoms with Gasteiger partial charge in [0.2, 0.25) is 0 Å². The Hall–Kier alpha value is -2.98. The van der Waals surface area contributed by atoms with Crippen molar-refractivity contribution in [1.82, 2.24) is 0 Å². The minimum Gasteiger partial charge on any atom is -0.481 e. The molecule has 7 heteroatoms. The average molecular weight is 457 g/mol. The molecule has 32 heavy (non-hydrogen) atoms. The van der Waals surface area contributed by atoms with Gasteiger partial charge in [0.05, 0.1) is 23.5 Å². The molecule has 0 unspecified atom stereocenters. The Kier molecular flexibility index (Phi) is 7.63. The molecule has 0 aliphatic rings. The first-order valence-electron chi connectivity index (χ1n) is 10.4. The van der Waals surface area contributed by atoms with E-state index in [4.69, 9.17) is 6.42 Å².